The van der Waals surface area contributed by atoms with Gasteiger partial charge in [-0.15, -0.1) is 0 Å². The van der Waals surface area contributed by atoms with E-state index in [0.717, 1.165) is 0 Å². The van der Waals surface area contributed by atoms with Crippen LogP contribution >= 0.6 is 0 Å². The SMILES string of the molecule is Nc1c(F)c(Oc2ccc(C(F)(F)F)c(Oc3cc(C(F)(F)F)c(F)c(N)c3F)c2F)cc(C(F)(F)F)c1F. The molecule has 0 aliphatic heterocycles. The van der Waals surface area contributed by atoms with Gasteiger partial charge in [0.15, 0.2) is 46.3 Å². The van der Waals surface area contributed by atoms with Crippen molar-refractivity contribution >= 4 is 11.4 Å². The van der Waals surface area contributed by atoms with Gasteiger partial charge in [0, 0.05) is 0 Å². The zero-order chi connectivity index (χ0) is 29.8. The summed E-state index contributed by atoms with van der Waals surface area (Å²) >= 11 is 0. The van der Waals surface area contributed by atoms with E-state index in [4.69, 9.17) is 11.5 Å². The molecule has 0 spiro atoms. The van der Waals surface area contributed by atoms with E-state index in [1.165, 1.54) is 0 Å². The summed E-state index contributed by atoms with van der Waals surface area (Å²) in [4.78, 5) is 0. The number of hydrogen-bond donors (Lipinski definition) is 2. The number of alkyl halides is 9. The molecule has 0 aromatic heterocycles. The molecule has 0 saturated carbocycles. The van der Waals surface area contributed by atoms with Crippen LogP contribution in [-0.4, -0.2) is 0 Å². The van der Waals surface area contributed by atoms with Crippen LogP contribution < -0.4 is 20.9 Å². The third-order valence-corrected chi connectivity index (χ3v) is 4.81. The van der Waals surface area contributed by atoms with Gasteiger partial charge in [0.25, 0.3) is 0 Å². The molecule has 0 aliphatic rings. The number of hydrogen-bond acceptors (Lipinski definition) is 4. The molecule has 3 aromatic carbocycles. The lowest BCUT2D eigenvalue weighted by Crippen LogP contribution is -2.14. The number of halogens is 14. The van der Waals surface area contributed by atoms with Gasteiger partial charge in [-0.3, -0.25) is 0 Å². The Balaban J connectivity index is 2.22. The predicted molar refractivity (Wildman–Crippen MR) is 103 cm³/mol. The number of nitrogen functional groups attached to an aromatic ring is 2. The summed E-state index contributed by atoms with van der Waals surface area (Å²) in [5, 5.41) is 0. The summed E-state index contributed by atoms with van der Waals surface area (Å²) in [6.07, 6.45) is -16.7. The van der Waals surface area contributed by atoms with Crippen molar-refractivity contribution in [2.45, 2.75) is 18.5 Å². The third kappa shape index (κ3) is 5.53. The van der Waals surface area contributed by atoms with E-state index in [1.807, 2.05) is 0 Å². The molecular weight excluding hydrogens is 578 g/mol. The first kappa shape index (κ1) is 29.4. The Morgan fingerprint density at radius 3 is 1.23 bits per heavy atom. The fraction of sp³-hybridized carbons (Fsp3) is 0.143. The Labute approximate surface area is 206 Å². The van der Waals surface area contributed by atoms with Gasteiger partial charge >= 0.3 is 18.5 Å². The van der Waals surface area contributed by atoms with Gasteiger partial charge in [-0.05, 0) is 24.3 Å². The van der Waals surface area contributed by atoms with Crippen LogP contribution in [0.25, 0.3) is 0 Å². The molecule has 0 radical (unpaired) electrons. The maximum absolute atomic E-state index is 15.1. The second-order valence-electron chi connectivity index (χ2n) is 7.38. The van der Waals surface area contributed by atoms with E-state index in [0.29, 0.717) is 0 Å². The molecule has 3 rings (SSSR count). The molecule has 0 bridgehead atoms. The molecule has 4 nitrogen and oxygen atoms in total. The lowest BCUT2D eigenvalue weighted by Gasteiger charge is -2.19. The fourth-order valence-corrected chi connectivity index (χ4v) is 2.99. The largest absolute Gasteiger partial charge is 0.451 e. The van der Waals surface area contributed by atoms with Crippen molar-refractivity contribution < 1.29 is 70.9 Å². The first-order valence-corrected chi connectivity index (χ1v) is 9.60. The van der Waals surface area contributed by atoms with Crippen LogP contribution in [-0.2, 0) is 18.5 Å². The predicted octanol–water partition coefficient (Wildman–Crippen LogP) is 8.19. The van der Waals surface area contributed by atoms with Crippen LogP contribution in [0, 0.1) is 29.1 Å². The number of rotatable bonds is 4. The third-order valence-electron chi connectivity index (χ3n) is 4.81. The highest BCUT2D eigenvalue weighted by Crippen LogP contribution is 2.47. The molecule has 0 fully saturated rings. The van der Waals surface area contributed by atoms with E-state index in [9.17, 15) is 57.1 Å². The second-order valence-corrected chi connectivity index (χ2v) is 7.38. The molecule has 0 atom stereocenters. The molecule has 0 aliphatic carbocycles. The van der Waals surface area contributed by atoms with E-state index >= 15 is 4.39 Å². The highest BCUT2D eigenvalue weighted by atomic mass is 19.4. The standard InChI is InChI=1S/C21H8F14N2O2/c22-11-6(20(30,31)32)3-9(13(24)16(11)36)38-8-2-1-5(19(27,28)29)18(15(8)26)39-10-4-7(21(33,34)35)12(23)17(37)14(10)25/h1-4H,36-37H2. The highest BCUT2D eigenvalue weighted by Gasteiger charge is 2.41. The van der Waals surface area contributed by atoms with Crippen molar-refractivity contribution in [1.82, 2.24) is 0 Å². The number of ether oxygens (including phenoxy) is 2. The Bertz CT molecular complexity index is 1450. The van der Waals surface area contributed by atoms with Crippen molar-refractivity contribution in [3.63, 3.8) is 0 Å². The van der Waals surface area contributed by atoms with Crippen LogP contribution in [0.5, 0.6) is 23.0 Å². The van der Waals surface area contributed by atoms with E-state index < -0.39 is 105 Å². The van der Waals surface area contributed by atoms with Crippen molar-refractivity contribution in [3.8, 4) is 23.0 Å². The van der Waals surface area contributed by atoms with Gasteiger partial charge in [0.2, 0.25) is 5.82 Å². The number of nitrogens with two attached hydrogens (primary N) is 2. The average Bonchev–Trinajstić information content (AvgIpc) is 2.79. The minimum absolute atomic E-state index is 0.0772. The monoisotopic (exact) mass is 586 g/mol. The van der Waals surface area contributed by atoms with Gasteiger partial charge < -0.3 is 20.9 Å². The summed E-state index contributed by atoms with van der Waals surface area (Å²) in [5.41, 5.74) is -0.542. The van der Waals surface area contributed by atoms with Crippen LogP contribution in [0.3, 0.4) is 0 Å². The Hall–Kier alpha value is -4.12. The molecule has 4 N–H and O–H groups in total. The molecule has 0 heterocycles. The zero-order valence-electron chi connectivity index (χ0n) is 18.1. The summed E-state index contributed by atoms with van der Waals surface area (Å²) in [7, 11) is 0. The molecule has 0 unspecified atom stereocenters. The quantitative estimate of drug-likeness (QED) is 0.239. The van der Waals surface area contributed by atoms with Crippen LogP contribution in [0.2, 0.25) is 0 Å². The lowest BCUT2D eigenvalue weighted by atomic mass is 10.1. The van der Waals surface area contributed by atoms with Crippen molar-refractivity contribution in [2.75, 3.05) is 11.5 Å². The van der Waals surface area contributed by atoms with Crippen molar-refractivity contribution in [2.24, 2.45) is 0 Å². The maximum Gasteiger partial charge on any atom is 0.420 e. The van der Waals surface area contributed by atoms with Crippen LogP contribution in [0.1, 0.15) is 16.7 Å². The summed E-state index contributed by atoms with van der Waals surface area (Å²) < 4.78 is 199. The van der Waals surface area contributed by atoms with Crippen molar-refractivity contribution in [3.05, 3.63) is 70.0 Å². The highest BCUT2D eigenvalue weighted by molar-refractivity contribution is 5.56. The fourth-order valence-electron chi connectivity index (χ4n) is 2.99. The molecular formula is C21H8F14N2O2. The van der Waals surface area contributed by atoms with Crippen LogP contribution in [0.4, 0.5) is 72.8 Å². The van der Waals surface area contributed by atoms with E-state index in [2.05, 4.69) is 9.47 Å². The smallest absolute Gasteiger partial charge is 0.420 e. The summed E-state index contributed by atoms with van der Waals surface area (Å²) in [6, 6.07) is -0.842. The summed E-state index contributed by atoms with van der Waals surface area (Å²) in [6.45, 7) is 0. The Kier molecular flexibility index (Phi) is 7.22. The first-order chi connectivity index (χ1) is 17.7. The van der Waals surface area contributed by atoms with E-state index in [-0.39, 0.29) is 18.2 Å². The molecule has 18 heteroatoms. The van der Waals surface area contributed by atoms with Gasteiger partial charge in [-0.25, -0.2) is 17.6 Å². The maximum atomic E-state index is 15.1. The number of benzene rings is 3. The molecule has 212 valence electrons. The molecule has 39 heavy (non-hydrogen) atoms. The van der Waals surface area contributed by atoms with Crippen molar-refractivity contribution in [1.29, 1.82) is 0 Å². The normalized spacial score (nSPS) is 12.6. The average molecular weight is 586 g/mol. The minimum Gasteiger partial charge on any atom is -0.451 e. The van der Waals surface area contributed by atoms with Gasteiger partial charge in [-0.1, -0.05) is 0 Å². The lowest BCUT2D eigenvalue weighted by molar-refractivity contribution is -0.141. The second kappa shape index (κ2) is 9.57. The number of anilines is 2. The van der Waals surface area contributed by atoms with Gasteiger partial charge in [-0.2, -0.15) is 43.9 Å². The molecule has 0 saturated heterocycles. The van der Waals surface area contributed by atoms with E-state index in [1.54, 1.807) is 0 Å². The molecule has 3 aromatic rings. The Morgan fingerprint density at radius 2 is 0.846 bits per heavy atom. The van der Waals surface area contributed by atoms with Gasteiger partial charge in [0.05, 0.1) is 11.1 Å². The first-order valence-electron chi connectivity index (χ1n) is 9.60. The molecule has 0 amide bonds. The van der Waals surface area contributed by atoms with Gasteiger partial charge in [0.1, 0.15) is 16.9 Å². The van der Waals surface area contributed by atoms with Crippen LogP contribution in [0.15, 0.2) is 24.3 Å². The zero-order valence-corrected chi connectivity index (χ0v) is 18.1. The summed E-state index contributed by atoms with van der Waals surface area (Å²) in [5.74, 6) is -18.5. The minimum atomic E-state index is -5.59. The topological polar surface area (TPSA) is 70.5 Å². The Morgan fingerprint density at radius 1 is 0.462 bits per heavy atom.